The number of carbonyl (C=O) groups is 1. The van der Waals surface area contributed by atoms with Gasteiger partial charge in [0.1, 0.15) is 12.1 Å². The molecule has 2 aromatic carbocycles. The molecule has 0 saturated carbocycles. The molecule has 0 unspecified atom stereocenters. The van der Waals surface area contributed by atoms with Crippen molar-refractivity contribution in [2.45, 2.75) is 19.4 Å². The van der Waals surface area contributed by atoms with Crippen LogP contribution < -0.4 is 10.1 Å². The lowest BCUT2D eigenvalue weighted by Gasteiger charge is -2.13. The van der Waals surface area contributed by atoms with E-state index in [1.54, 1.807) is 4.68 Å². The van der Waals surface area contributed by atoms with E-state index in [0.717, 1.165) is 22.6 Å². The van der Waals surface area contributed by atoms with Gasteiger partial charge in [-0.3, -0.25) is 4.79 Å². The zero-order valence-corrected chi connectivity index (χ0v) is 13.0. The van der Waals surface area contributed by atoms with Crippen molar-refractivity contribution in [2.75, 3.05) is 5.32 Å². The molecule has 0 saturated heterocycles. The second kappa shape index (κ2) is 5.77. The second-order valence-corrected chi connectivity index (χ2v) is 5.66. The summed E-state index contributed by atoms with van der Waals surface area (Å²) in [6.45, 7) is 1.94. The van der Waals surface area contributed by atoms with Gasteiger partial charge in [-0.05, 0) is 52.7 Å². The van der Waals surface area contributed by atoms with Crippen LogP contribution >= 0.6 is 0 Å². The maximum absolute atomic E-state index is 12.4. The molecule has 4 rings (SSSR count). The molecular weight excluding hydrogens is 306 g/mol. The third-order valence-corrected chi connectivity index (χ3v) is 4.00. The number of anilines is 1. The standard InChI is InChI=1S/C17H15N5O2/c1-11-8-13(6-7-14(11)22-10-18-20-21-22)19-17(23)16-9-12-4-2-3-5-15(12)24-16/h2-8,10,16H,9H2,1H3,(H,19,23)/t16-/m0/s1. The van der Waals surface area contributed by atoms with Crippen molar-refractivity contribution < 1.29 is 9.53 Å². The predicted octanol–water partition coefficient (Wildman–Crippen LogP) is 1.91. The van der Waals surface area contributed by atoms with Crippen molar-refractivity contribution >= 4 is 11.6 Å². The lowest BCUT2D eigenvalue weighted by molar-refractivity contribution is -0.122. The average Bonchev–Trinajstić information content (AvgIpc) is 3.24. The highest BCUT2D eigenvalue weighted by atomic mass is 16.5. The van der Waals surface area contributed by atoms with Gasteiger partial charge in [-0.25, -0.2) is 4.68 Å². The SMILES string of the molecule is Cc1cc(NC(=O)[C@@H]2Cc3ccccc3O2)ccc1-n1cnnn1. The number of hydrogen-bond donors (Lipinski definition) is 1. The predicted molar refractivity (Wildman–Crippen MR) is 87.1 cm³/mol. The fourth-order valence-corrected chi connectivity index (χ4v) is 2.81. The van der Waals surface area contributed by atoms with Crippen LogP contribution in [0.1, 0.15) is 11.1 Å². The fourth-order valence-electron chi connectivity index (χ4n) is 2.81. The van der Waals surface area contributed by atoms with Gasteiger partial charge in [0.25, 0.3) is 5.91 Å². The average molecular weight is 321 g/mol. The number of tetrazole rings is 1. The van der Waals surface area contributed by atoms with E-state index in [4.69, 9.17) is 4.74 Å². The van der Waals surface area contributed by atoms with Crippen LogP contribution in [-0.2, 0) is 11.2 Å². The Morgan fingerprint density at radius 2 is 2.17 bits per heavy atom. The van der Waals surface area contributed by atoms with E-state index in [0.29, 0.717) is 12.1 Å². The molecular formula is C17H15N5O2. The number of carbonyl (C=O) groups excluding carboxylic acids is 1. The number of aryl methyl sites for hydroxylation is 1. The molecule has 1 aliphatic rings. The number of amides is 1. The van der Waals surface area contributed by atoms with Gasteiger partial charge in [0, 0.05) is 12.1 Å². The fraction of sp³-hybridized carbons (Fsp3) is 0.176. The Kier molecular flexibility index (Phi) is 3.45. The summed E-state index contributed by atoms with van der Waals surface area (Å²) in [4.78, 5) is 12.4. The second-order valence-electron chi connectivity index (χ2n) is 5.66. The van der Waals surface area contributed by atoms with Crippen LogP contribution in [0, 0.1) is 6.92 Å². The van der Waals surface area contributed by atoms with E-state index in [9.17, 15) is 4.79 Å². The van der Waals surface area contributed by atoms with Crippen LogP contribution in [-0.4, -0.2) is 32.2 Å². The minimum atomic E-state index is -0.498. The first-order valence-electron chi connectivity index (χ1n) is 7.60. The van der Waals surface area contributed by atoms with E-state index in [2.05, 4.69) is 20.8 Å². The molecule has 0 aliphatic carbocycles. The van der Waals surface area contributed by atoms with E-state index < -0.39 is 6.10 Å². The number of fused-ring (bicyclic) bond motifs is 1. The van der Waals surface area contributed by atoms with Gasteiger partial charge < -0.3 is 10.1 Å². The minimum Gasteiger partial charge on any atom is -0.480 e. The number of aromatic nitrogens is 4. The Hall–Kier alpha value is -3.22. The minimum absolute atomic E-state index is 0.152. The lowest BCUT2D eigenvalue weighted by atomic mass is 10.1. The highest BCUT2D eigenvalue weighted by molar-refractivity contribution is 5.95. The summed E-state index contributed by atoms with van der Waals surface area (Å²) < 4.78 is 7.29. The molecule has 0 spiro atoms. The highest BCUT2D eigenvalue weighted by Crippen LogP contribution is 2.29. The molecule has 7 nitrogen and oxygen atoms in total. The zero-order valence-electron chi connectivity index (χ0n) is 13.0. The number of hydrogen-bond acceptors (Lipinski definition) is 5. The zero-order chi connectivity index (χ0) is 16.5. The van der Waals surface area contributed by atoms with E-state index in [1.165, 1.54) is 6.33 Å². The van der Waals surface area contributed by atoms with Gasteiger partial charge in [-0.2, -0.15) is 0 Å². The largest absolute Gasteiger partial charge is 0.480 e. The molecule has 1 aromatic heterocycles. The number of benzene rings is 2. The quantitative estimate of drug-likeness (QED) is 0.797. The van der Waals surface area contributed by atoms with Crippen LogP contribution in [0.2, 0.25) is 0 Å². The van der Waals surface area contributed by atoms with Crippen molar-refractivity contribution in [3.8, 4) is 11.4 Å². The maximum Gasteiger partial charge on any atom is 0.265 e. The van der Waals surface area contributed by atoms with Crippen molar-refractivity contribution in [1.29, 1.82) is 0 Å². The van der Waals surface area contributed by atoms with Crippen LogP contribution in [0.25, 0.3) is 5.69 Å². The molecule has 1 N–H and O–H groups in total. The summed E-state index contributed by atoms with van der Waals surface area (Å²) >= 11 is 0. The summed E-state index contributed by atoms with van der Waals surface area (Å²) in [7, 11) is 0. The number of rotatable bonds is 3. The lowest BCUT2D eigenvalue weighted by Crippen LogP contribution is -2.31. The van der Waals surface area contributed by atoms with E-state index in [1.807, 2.05) is 49.4 Å². The van der Waals surface area contributed by atoms with Crippen molar-refractivity contribution in [3.05, 3.63) is 59.9 Å². The molecule has 3 aromatic rings. The van der Waals surface area contributed by atoms with Crippen LogP contribution in [0.3, 0.4) is 0 Å². The molecule has 1 atom stereocenters. The third kappa shape index (κ3) is 2.60. The molecule has 120 valence electrons. The Balaban J connectivity index is 1.48. The summed E-state index contributed by atoms with van der Waals surface area (Å²) in [6.07, 6.45) is 1.62. The van der Waals surface area contributed by atoms with Crippen LogP contribution in [0.15, 0.2) is 48.8 Å². The van der Waals surface area contributed by atoms with Crippen molar-refractivity contribution in [2.24, 2.45) is 0 Å². The van der Waals surface area contributed by atoms with Gasteiger partial charge in [0.05, 0.1) is 5.69 Å². The normalized spacial score (nSPS) is 15.6. The first-order chi connectivity index (χ1) is 11.7. The first-order valence-corrected chi connectivity index (χ1v) is 7.60. The molecule has 7 heteroatoms. The Bertz CT molecular complexity index is 867. The molecule has 1 aliphatic heterocycles. The monoisotopic (exact) mass is 321 g/mol. The Labute approximate surface area is 138 Å². The van der Waals surface area contributed by atoms with Gasteiger partial charge in [0.15, 0.2) is 6.10 Å². The summed E-state index contributed by atoms with van der Waals surface area (Å²) in [5.74, 6) is 0.628. The highest BCUT2D eigenvalue weighted by Gasteiger charge is 2.28. The van der Waals surface area contributed by atoms with Crippen molar-refractivity contribution in [1.82, 2.24) is 20.2 Å². The number of nitrogens with one attached hydrogen (secondary N) is 1. The Morgan fingerprint density at radius 1 is 1.29 bits per heavy atom. The molecule has 0 radical (unpaired) electrons. The topological polar surface area (TPSA) is 81.9 Å². The number of para-hydroxylation sites is 1. The van der Waals surface area contributed by atoms with Crippen molar-refractivity contribution in [3.63, 3.8) is 0 Å². The van der Waals surface area contributed by atoms with Gasteiger partial charge in [0.2, 0.25) is 0 Å². The van der Waals surface area contributed by atoms with Crippen LogP contribution in [0.5, 0.6) is 5.75 Å². The maximum atomic E-state index is 12.4. The molecule has 0 fully saturated rings. The van der Waals surface area contributed by atoms with Gasteiger partial charge >= 0.3 is 0 Å². The van der Waals surface area contributed by atoms with Gasteiger partial charge in [-0.1, -0.05) is 18.2 Å². The smallest absolute Gasteiger partial charge is 0.265 e. The Morgan fingerprint density at radius 3 is 2.92 bits per heavy atom. The molecule has 1 amide bonds. The summed E-state index contributed by atoms with van der Waals surface area (Å²) in [6, 6.07) is 13.3. The first kappa shape index (κ1) is 14.4. The molecule has 24 heavy (non-hydrogen) atoms. The summed E-state index contributed by atoms with van der Waals surface area (Å²) in [5.41, 5.74) is 3.59. The van der Waals surface area contributed by atoms with Gasteiger partial charge in [-0.15, -0.1) is 5.10 Å². The van der Waals surface area contributed by atoms with Crippen LogP contribution in [0.4, 0.5) is 5.69 Å². The molecule has 2 heterocycles. The number of nitrogens with zero attached hydrogens (tertiary/aromatic N) is 4. The number of ether oxygens (including phenoxy) is 1. The van der Waals surface area contributed by atoms with E-state index in [-0.39, 0.29) is 5.91 Å². The van der Waals surface area contributed by atoms with E-state index >= 15 is 0 Å². The third-order valence-electron chi connectivity index (χ3n) is 4.00. The summed E-state index contributed by atoms with van der Waals surface area (Å²) in [5, 5.41) is 14.0. The molecule has 0 bridgehead atoms.